The van der Waals surface area contributed by atoms with Crippen LogP contribution in [-0.4, -0.2) is 29.9 Å². The number of thioether (sulfide) groups is 1. The summed E-state index contributed by atoms with van der Waals surface area (Å²) >= 11 is 1.89. The molecule has 0 radical (unpaired) electrons. The number of halogens is 1. The maximum Gasteiger partial charge on any atom is 0.161 e. The summed E-state index contributed by atoms with van der Waals surface area (Å²) in [4.78, 5) is 13.5. The molecular formula is C13H16FNOS. The molecular weight excluding hydrogens is 237 g/mol. The smallest absolute Gasteiger partial charge is 0.161 e. The van der Waals surface area contributed by atoms with Crippen LogP contribution in [-0.2, 0) is 0 Å². The molecule has 0 aromatic heterocycles. The third-order valence-corrected chi connectivity index (χ3v) is 4.06. The van der Waals surface area contributed by atoms with E-state index in [-0.39, 0.29) is 11.6 Å². The Labute approximate surface area is 105 Å². The zero-order valence-corrected chi connectivity index (χ0v) is 10.9. The Hall–Kier alpha value is -1.03. The molecule has 1 unspecified atom stereocenters. The van der Waals surface area contributed by atoms with Gasteiger partial charge in [0, 0.05) is 29.7 Å². The summed E-state index contributed by atoms with van der Waals surface area (Å²) in [6.45, 7) is 5.22. The fraction of sp³-hybridized carbons (Fsp3) is 0.462. The average Bonchev–Trinajstić information content (AvgIpc) is 2.28. The summed E-state index contributed by atoms with van der Waals surface area (Å²) in [5, 5.41) is 0.475. The summed E-state index contributed by atoms with van der Waals surface area (Å²) in [5.41, 5.74) is 0.969. The molecule has 0 bridgehead atoms. The summed E-state index contributed by atoms with van der Waals surface area (Å²) in [6, 6.07) is 4.72. The van der Waals surface area contributed by atoms with Gasteiger partial charge < -0.3 is 4.90 Å². The lowest BCUT2D eigenvalue weighted by Gasteiger charge is -2.33. The van der Waals surface area contributed by atoms with E-state index in [1.165, 1.54) is 13.0 Å². The van der Waals surface area contributed by atoms with Crippen LogP contribution in [0.2, 0.25) is 0 Å². The minimum Gasteiger partial charge on any atom is -0.367 e. The molecule has 1 saturated heterocycles. The lowest BCUT2D eigenvalue weighted by atomic mass is 10.1. The molecule has 2 rings (SSSR count). The van der Waals surface area contributed by atoms with Crippen molar-refractivity contribution < 1.29 is 9.18 Å². The molecule has 17 heavy (non-hydrogen) atoms. The highest BCUT2D eigenvalue weighted by Crippen LogP contribution is 2.29. The lowest BCUT2D eigenvalue weighted by Crippen LogP contribution is -2.38. The van der Waals surface area contributed by atoms with Crippen molar-refractivity contribution in [2.75, 3.05) is 23.7 Å². The van der Waals surface area contributed by atoms with Crippen molar-refractivity contribution in [3.63, 3.8) is 0 Å². The number of rotatable bonds is 2. The van der Waals surface area contributed by atoms with Gasteiger partial charge in [0.15, 0.2) is 5.78 Å². The standard InChI is InChI=1S/C13H16FNOS/c1-9-8-15(6-7-17-9)13-11(10(2)16)4-3-5-12(13)14/h3-5,9H,6-8H2,1-2H3. The van der Waals surface area contributed by atoms with E-state index in [1.54, 1.807) is 12.1 Å². The van der Waals surface area contributed by atoms with Crippen LogP contribution < -0.4 is 4.90 Å². The molecule has 0 amide bonds. The molecule has 0 aliphatic carbocycles. The molecule has 1 aromatic rings. The molecule has 4 heteroatoms. The second kappa shape index (κ2) is 5.08. The Bertz CT molecular complexity index is 435. The van der Waals surface area contributed by atoms with E-state index in [0.717, 1.165) is 18.8 Å². The predicted octanol–water partition coefficient (Wildman–Crippen LogP) is 2.97. The molecule has 2 nitrogen and oxygen atoms in total. The number of hydrogen-bond acceptors (Lipinski definition) is 3. The average molecular weight is 253 g/mol. The minimum absolute atomic E-state index is 0.0784. The predicted molar refractivity (Wildman–Crippen MR) is 70.5 cm³/mol. The highest BCUT2D eigenvalue weighted by molar-refractivity contribution is 8.00. The van der Waals surface area contributed by atoms with Gasteiger partial charge in [0.1, 0.15) is 5.82 Å². The first-order valence-corrected chi connectivity index (χ1v) is 6.80. The topological polar surface area (TPSA) is 20.3 Å². The van der Waals surface area contributed by atoms with E-state index < -0.39 is 0 Å². The minimum atomic E-state index is -0.295. The molecule has 1 heterocycles. The van der Waals surface area contributed by atoms with Gasteiger partial charge in [0.25, 0.3) is 0 Å². The van der Waals surface area contributed by atoms with E-state index in [2.05, 4.69) is 6.92 Å². The number of carbonyl (C=O) groups excluding carboxylic acids is 1. The molecule has 1 aromatic carbocycles. The fourth-order valence-electron chi connectivity index (χ4n) is 2.14. The van der Waals surface area contributed by atoms with Crippen molar-refractivity contribution in [1.82, 2.24) is 0 Å². The Kier molecular flexibility index (Phi) is 3.72. The van der Waals surface area contributed by atoms with Crippen molar-refractivity contribution in [3.05, 3.63) is 29.6 Å². The monoisotopic (exact) mass is 253 g/mol. The van der Waals surface area contributed by atoms with Gasteiger partial charge in [-0.25, -0.2) is 4.39 Å². The van der Waals surface area contributed by atoms with E-state index in [1.807, 2.05) is 16.7 Å². The molecule has 1 aliphatic rings. The molecule has 1 fully saturated rings. The zero-order valence-electron chi connectivity index (χ0n) is 10.1. The highest BCUT2D eigenvalue weighted by Gasteiger charge is 2.23. The zero-order chi connectivity index (χ0) is 12.4. The number of nitrogens with zero attached hydrogens (tertiary/aromatic N) is 1. The Balaban J connectivity index is 2.39. The summed E-state index contributed by atoms with van der Waals surface area (Å²) in [6.07, 6.45) is 0. The van der Waals surface area contributed by atoms with Crippen molar-refractivity contribution in [2.24, 2.45) is 0 Å². The normalized spacial score (nSPS) is 20.4. The third-order valence-electron chi connectivity index (χ3n) is 2.92. The van der Waals surface area contributed by atoms with Crippen LogP contribution in [0.4, 0.5) is 10.1 Å². The Morgan fingerprint density at radius 1 is 1.53 bits per heavy atom. The maximum atomic E-state index is 13.9. The van der Waals surface area contributed by atoms with Crippen LogP contribution in [0.3, 0.4) is 0 Å². The SMILES string of the molecule is CC(=O)c1cccc(F)c1N1CCSC(C)C1. The second-order valence-corrected chi connectivity index (χ2v) is 5.87. The quantitative estimate of drug-likeness (QED) is 0.756. The molecule has 0 spiro atoms. The van der Waals surface area contributed by atoms with Crippen LogP contribution in [0.25, 0.3) is 0 Å². The fourth-order valence-corrected chi connectivity index (χ4v) is 3.16. The van der Waals surface area contributed by atoms with Gasteiger partial charge in [-0.05, 0) is 19.1 Å². The first kappa shape index (κ1) is 12.4. The number of carbonyl (C=O) groups is 1. The van der Waals surface area contributed by atoms with Gasteiger partial charge in [-0.15, -0.1) is 0 Å². The molecule has 1 aliphatic heterocycles. The van der Waals surface area contributed by atoms with Gasteiger partial charge in [-0.2, -0.15) is 11.8 Å². The number of Topliss-reactive ketones (excluding diaryl/α,β-unsaturated/α-hetero) is 1. The van der Waals surface area contributed by atoms with Crippen molar-refractivity contribution in [3.8, 4) is 0 Å². The number of anilines is 1. The van der Waals surface area contributed by atoms with Crippen LogP contribution in [0.5, 0.6) is 0 Å². The molecule has 0 N–H and O–H groups in total. The third kappa shape index (κ3) is 2.63. The van der Waals surface area contributed by atoms with E-state index in [9.17, 15) is 9.18 Å². The number of para-hydroxylation sites is 1. The van der Waals surface area contributed by atoms with Crippen molar-refractivity contribution in [2.45, 2.75) is 19.1 Å². The van der Waals surface area contributed by atoms with Gasteiger partial charge in [0.05, 0.1) is 5.69 Å². The van der Waals surface area contributed by atoms with Gasteiger partial charge in [0.2, 0.25) is 0 Å². The molecule has 0 saturated carbocycles. The van der Waals surface area contributed by atoms with E-state index in [4.69, 9.17) is 0 Å². The first-order valence-electron chi connectivity index (χ1n) is 5.75. The summed E-state index contributed by atoms with van der Waals surface area (Å²) in [5.74, 6) is 0.606. The van der Waals surface area contributed by atoms with Crippen molar-refractivity contribution in [1.29, 1.82) is 0 Å². The number of benzene rings is 1. The van der Waals surface area contributed by atoms with Crippen LogP contribution in [0.15, 0.2) is 18.2 Å². The van der Waals surface area contributed by atoms with Crippen LogP contribution in [0, 0.1) is 5.82 Å². The summed E-state index contributed by atoms with van der Waals surface area (Å²) < 4.78 is 13.9. The maximum absolute atomic E-state index is 13.9. The van der Waals surface area contributed by atoms with Gasteiger partial charge in [-0.3, -0.25) is 4.79 Å². The second-order valence-electron chi connectivity index (χ2n) is 4.32. The summed E-state index contributed by atoms with van der Waals surface area (Å²) in [7, 11) is 0. The molecule has 1 atom stereocenters. The number of hydrogen-bond donors (Lipinski definition) is 0. The van der Waals surface area contributed by atoms with Crippen molar-refractivity contribution >= 4 is 23.2 Å². The number of ketones is 1. The van der Waals surface area contributed by atoms with Crippen LogP contribution >= 0.6 is 11.8 Å². The van der Waals surface area contributed by atoms with Gasteiger partial charge >= 0.3 is 0 Å². The van der Waals surface area contributed by atoms with E-state index >= 15 is 0 Å². The highest BCUT2D eigenvalue weighted by atomic mass is 32.2. The van der Waals surface area contributed by atoms with Gasteiger partial charge in [-0.1, -0.05) is 13.0 Å². The Morgan fingerprint density at radius 2 is 2.29 bits per heavy atom. The largest absolute Gasteiger partial charge is 0.367 e. The first-order chi connectivity index (χ1) is 8.09. The van der Waals surface area contributed by atoms with Crippen LogP contribution in [0.1, 0.15) is 24.2 Å². The lowest BCUT2D eigenvalue weighted by molar-refractivity contribution is 0.101. The van der Waals surface area contributed by atoms with E-state index in [0.29, 0.717) is 16.5 Å². The Morgan fingerprint density at radius 3 is 2.94 bits per heavy atom. The molecule has 92 valence electrons.